The zero-order valence-corrected chi connectivity index (χ0v) is 14.0. The SMILES string of the molecule is O=C(CSCc1n[nH]c(=O)[nH]1)n1c2c(c3ccccc31)CCCC2. The average Bonchev–Trinajstić information content (AvgIpc) is 3.16. The zero-order chi connectivity index (χ0) is 16.5. The Morgan fingerprint density at radius 3 is 2.92 bits per heavy atom. The van der Waals surface area contributed by atoms with E-state index in [0.717, 1.165) is 24.8 Å². The van der Waals surface area contributed by atoms with Crippen molar-refractivity contribution < 1.29 is 4.79 Å². The topological polar surface area (TPSA) is 83.5 Å². The number of aryl methyl sites for hydroxylation is 1. The quantitative estimate of drug-likeness (QED) is 0.763. The van der Waals surface area contributed by atoms with E-state index >= 15 is 0 Å². The second-order valence-electron chi connectivity index (χ2n) is 6.00. The summed E-state index contributed by atoms with van der Waals surface area (Å²) in [6.45, 7) is 0. The second-order valence-corrected chi connectivity index (χ2v) is 6.98. The van der Waals surface area contributed by atoms with Gasteiger partial charge in [0.05, 0.1) is 17.0 Å². The lowest BCUT2D eigenvalue weighted by Gasteiger charge is -2.14. The van der Waals surface area contributed by atoms with Crippen molar-refractivity contribution in [1.29, 1.82) is 0 Å². The highest BCUT2D eigenvalue weighted by Gasteiger charge is 2.22. The van der Waals surface area contributed by atoms with Gasteiger partial charge in [-0.2, -0.15) is 5.10 Å². The van der Waals surface area contributed by atoms with Gasteiger partial charge in [0.2, 0.25) is 5.91 Å². The molecular formula is C17H18N4O2S. The highest BCUT2D eigenvalue weighted by molar-refractivity contribution is 7.99. The molecule has 3 aromatic rings. The van der Waals surface area contributed by atoms with E-state index in [9.17, 15) is 9.59 Å². The van der Waals surface area contributed by atoms with Crippen LogP contribution in [0.1, 0.15) is 34.7 Å². The summed E-state index contributed by atoms with van der Waals surface area (Å²) < 4.78 is 1.91. The number of hydrogen-bond donors (Lipinski definition) is 2. The molecule has 0 spiro atoms. The van der Waals surface area contributed by atoms with Gasteiger partial charge in [0, 0.05) is 11.1 Å². The van der Waals surface area contributed by atoms with E-state index in [0.29, 0.717) is 17.3 Å². The number of carbonyl (C=O) groups excluding carboxylic acids is 1. The predicted octanol–water partition coefficient (Wildman–Crippen LogP) is 2.51. The van der Waals surface area contributed by atoms with E-state index in [-0.39, 0.29) is 11.6 Å². The number of nitrogens with one attached hydrogen (secondary N) is 2. The number of para-hydroxylation sites is 1. The van der Waals surface area contributed by atoms with Gasteiger partial charge in [0.25, 0.3) is 0 Å². The molecule has 0 unspecified atom stereocenters. The first-order valence-electron chi connectivity index (χ1n) is 8.10. The maximum absolute atomic E-state index is 12.8. The lowest BCUT2D eigenvalue weighted by molar-refractivity contribution is 0.0943. The molecule has 6 nitrogen and oxygen atoms in total. The van der Waals surface area contributed by atoms with Gasteiger partial charge in [-0.15, -0.1) is 11.8 Å². The van der Waals surface area contributed by atoms with Crippen LogP contribution in [0.4, 0.5) is 0 Å². The van der Waals surface area contributed by atoms with Crippen LogP contribution in [0.5, 0.6) is 0 Å². The summed E-state index contributed by atoms with van der Waals surface area (Å²) in [5.41, 5.74) is 3.22. The molecule has 1 aliphatic rings. The van der Waals surface area contributed by atoms with Crippen molar-refractivity contribution in [2.24, 2.45) is 0 Å². The smallest absolute Gasteiger partial charge is 0.292 e. The van der Waals surface area contributed by atoms with Gasteiger partial charge < -0.3 is 0 Å². The molecule has 0 bridgehead atoms. The van der Waals surface area contributed by atoms with Crippen LogP contribution in [-0.2, 0) is 18.6 Å². The van der Waals surface area contributed by atoms with Crippen LogP contribution in [0.25, 0.3) is 10.9 Å². The number of thioether (sulfide) groups is 1. The standard InChI is InChI=1S/C17H18N4O2S/c22-16(10-24-9-15-18-17(23)20-19-15)21-13-7-3-1-5-11(13)12-6-2-4-8-14(12)21/h1,3,5,7H,2,4,6,8-10H2,(H2,18,19,20,23). The van der Waals surface area contributed by atoms with Gasteiger partial charge in [-0.05, 0) is 37.3 Å². The summed E-state index contributed by atoms with van der Waals surface area (Å²) in [7, 11) is 0. The molecule has 0 saturated carbocycles. The molecule has 0 fully saturated rings. The molecule has 124 valence electrons. The van der Waals surface area contributed by atoms with Gasteiger partial charge in [-0.25, -0.2) is 9.89 Å². The first-order valence-corrected chi connectivity index (χ1v) is 9.25. The lowest BCUT2D eigenvalue weighted by atomic mass is 9.96. The number of benzene rings is 1. The van der Waals surface area contributed by atoms with Crippen molar-refractivity contribution in [1.82, 2.24) is 19.7 Å². The normalized spacial score (nSPS) is 14.0. The Hall–Kier alpha value is -2.28. The zero-order valence-electron chi connectivity index (χ0n) is 13.2. The van der Waals surface area contributed by atoms with E-state index in [1.54, 1.807) is 0 Å². The molecule has 24 heavy (non-hydrogen) atoms. The molecule has 0 atom stereocenters. The van der Waals surface area contributed by atoms with E-state index in [1.165, 1.54) is 34.8 Å². The number of aromatic amines is 2. The number of fused-ring (bicyclic) bond motifs is 3. The van der Waals surface area contributed by atoms with Gasteiger partial charge in [0.1, 0.15) is 5.82 Å². The van der Waals surface area contributed by atoms with Crippen molar-refractivity contribution in [3.05, 3.63) is 51.8 Å². The van der Waals surface area contributed by atoms with Crippen LogP contribution in [0.3, 0.4) is 0 Å². The summed E-state index contributed by atoms with van der Waals surface area (Å²) in [5, 5.41) is 7.41. The third-order valence-corrected chi connectivity index (χ3v) is 5.37. The van der Waals surface area contributed by atoms with Gasteiger partial charge in [0.15, 0.2) is 0 Å². The first kappa shape index (κ1) is 15.3. The fraction of sp³-hybridized carbons (Fsp3) is 0.353. The minimum atomic E-state index is -0.317. The van der Waals surface area contributed by atoms with Crippen molar-refractivity contribution in [3.8, 4) is 0 Å². The van der Waals surface area contributed by atoms with Crippen molar-refractivity contribution in [2.75, 3.05) is 5.75 Å². The third-order valence-electron chi connectivity index (χ3n) is 4.44. The summed E-state index contributed by atoms with van der Waals surface area (Å²) >= 11 is 1.46. The number of hydrogen-bond acceptors (Lipinski definition) is 4. The minimum Gasteiger partial charge on any atom is -0.292 e. The molecule has 0 aliphatic heterocycles. The fourth-order valence-corrected chi connectivity index (χ4v) is 4.19. The predicted molar refractivity (Wildman–Crippen MR) is 94.6 cm³/mol. The molecule has 1 aromatic carbocycles. The van der Waals surface area contributed by atoms with E-state index in [4.69, 9.17) is 0 Å². The number of carbonyl (C=O) groups is 1. The van der Waals surface area contributed by atoms with Crippen LogP contribution < -0.4 is 5.69 Å². The van der Waals surface area contributed by atoms with Crippen LogP contribution >= 0.6 is 11.8 Å². The fourth-order valence-electron chi connectivity index (χ4n) is 3.45. The van der Waals surface area contributed by atoms with Crippen molar-refractivity contribution >= 4 is 28.6 Å². The highest BCUT2D eigenvalue weighted by Crippen LogP contribution is 2.32. The molecule has 7 heteroatoms. The number of aromatic nitrogens is 4. The molecule has 2 N–H and O–H groups in total. The van der Waals surface area contributed by atoms with Crippen molar-refractivity contribution in [3.63, 3.8) is 0 Å². The molecule has 2 aromatic heterocycles. The van der Waals surface area contributed by atoms with Gasteiger partial charge in [-0.3, -0.25) is 14.3 Å². The third kappa shape index (κ3) is 2.69. The molecule has 0 amide bonds. The van der Waals surface area contributed by atoms with E-state index in [1.807, 2.05) is 22.8 Å². The largest absolute Gasteiger partial charge is 0.340 e. The van der Waals surface area contributed by atoms with Crippen LogP contribution in [-0.4, -0.2) is 31.4 Å². The van der Waals surface area contributed by atoms with Crippen LogP contribution in [0.15, 0.2) is 29.1 Å². The monoisotopic (exact) mass is 342 g/mol. The molecule has 0 radical (unpaired) electrons. The lowest BCUT2D eigenvalue weighted by Crippen LogP contribution is -2.18. The van der Waals surface area contributed by atoms with E-state index in [2.05, 4.69) is 21.2 Å². The molecule has 0 saturated heterocycles. The maximum atomic E-state index is 12.8. The molecule has 1 aliphatic carbocycles. The van der Waals surface area contributed by atoms with Gasteiger partial charge >= 0.3 is 5.69 Å². The number of nitrogens with zero attached hydrogens (tertiary/aromatic N) is 2. The summed E-state index contributed by atoms with van der Waals surface area (Å²) in [6, 6.07) is 8.17. The summed E-state index contributed by atoms with van der Waals surface area (Å²) in [5.74, 6) is 1.53. The second kappa shape index (κ2) is 6.32. The Bertz CT molecular complexity index is 953. The van der Waals surface area contributed by atoms with Crippen LogP contribution in [0, 0.1) is 0 Å². The maximum Gasteiger partial charge on any atom is 0.340 e. The summed E-state index contributed by atoms with van der Waals surface area (Å²) in [4.78, 5) is 26.5. The highest BCUT2D eigenvalue weighted by atomic mass is 32.2. The van der Waals surface area contributed by atoms with Crippen molar-refractivity contribution in [2.45, 2.75) is 31.4 Å². The first-order chi connectivity index (χ1) is 11.7. The Kier molecular flexibility index (Phi) is 4.02. The van der Waals surface area contributed by atoms with Crippen LogP contribution in [0.2, 0.25) is 0 Å². The number of rotatable bonds is 4. The Morgan fingerprint density at radius 1 is 1.25 bits per heavy atom. The summed E-state index contributed by atoms with van der Waals surface area (Å²) in [6.07, 6.45) is 4.35. The Labute approximate surface area is 142 Å². The Balaban J connectivity index is 1.58. The van der Waals surface area contributed by atoms with E-state index < -0.39 is 0 Å². The van der Waals surface area contributed by atoms with Gasteiger partial charge in [-0.1, -0.05) is 18.2 Å². The minimum absolute atomic E-state index is 0.0947. The average molecular weight is 342 g/mol. The molecule has 4 rings (SSSR count). The number of H-pyrrole nitrogens is 2. The molecular weight excluding hydrogens is 324 g/mol. The Morgan fingerprint density at radius 2 is 2.08 bits per heavy atom. The molecule has 2 heterocycles.